The number of nitrogens with zero attached hydrogens (tertiary/aromatic N) is 1. The minimum atomic E-state index is -4.44. The van der Waals surface area contributed by atoms with Crippen LogP contribution in [0.2, 0.25) is 0 Å². The quantitative estimate of drug-likeness (QED) is 0.442. The second-order valence-electron chi connectivity index (χ2n) is 8.97. The van der Waals surface area contributed by atoms with Crippen LogP contribution >= 0.6 is 0 Å². The number of benzene rings is 2. The molecule has 0 saturated carbocycles. The molecule has 0 aromatic heterocycles. The molecule has 1 N–H and O–H groups in total. The summed E-state index contributed by atoms with van der Waals surface area (Å²) in [7, 11) is -6.28. The number of ketones is 1. The average Bonchev–Trinajstić information content (AvgIpc) is 2.82. The Bertz CT molecular complexity index is 1490. The lowest BCUT2D eigenvalue weighted by Crippen LogP contribution is -2.23. The van der Waals surface area contributed by atoms with Gasteiger partial charge in [0, 0.05) is 6.42 Å². The van der Waals surface area contributed by atoms with E-state index >= 15 is 4.39 Å². The van der Waals surface area contributed by atoms with Crippen LogP contribution in [0.3, 0.4) is 0 Å². The number of sulfonamides is 1. The lowest BCUT2D eigenvalue weighted by molar-refractivity contribution is -0.116. The van der Waals surface area contributed by atoms with Crippen LogP contribution in [0.25, 0.3) is 0 Å². The summed E-state index contributed by atoms with van der Waals surface area (Å²) in [4.78, 5) is 24.4. The molecule has 0 aliphatic rings. The Morgan fingerprint density at radius 3 is 2.19 bits per heavy atom. The van der Waals surface area contributed by atoms with Crippen LogP contribution in [-0.4, -0.2) is 48.5 Å². The summed E-state index contributed by atoms with van der Waals surface area (Å²) in [5.41, 5.74) is 0.359. The zero-order valence-electron chi connectivity index (χ0n) is 21.4. The van der Waals surface area contributed by atoms with Gasteiger partial charge in [-0.2, -0.15) is 5.26 Å². The summed E-state index contributed by atoms with van der Waals surface area (Å²) in [6, 6.07) is 5.98. The van der Waals surface area contributed by atoms with Gasteiger partial charge in [0.1, 0.15) is 17.6 Å². The summed E-state index contributed by atoms with van der Waals surface area (Å²) >= 11 is 0. The molecule has 0 aliphatic heterocycles. The van der Waals surface area contributed by atoms with Gasteiger partial charge in [0.05, 0.1) is 28.0 Å². The molecule has 37 heavy (non-hydrogen) atoms. The number of rotatable bonds is 10. The van der Waals surface area contributed by atoms with Gasteiger partial charge in [-0.15, -0.1) is 0 Å². The van der Waals surface area contributed by atoms with Gasteiger partial charge in [-0.05, 0) is 59.8 Å². The lowest BCUT2D eigenvalue weighted by Gasteiger charge is -2.21. The number of Topliss-reactive ketones (excluding diaryl/α,β-unsaturated/α-hetero) is 1. The van der Waals surface area contributed by atoms with Gasteiger partial charge in [-0.25, -0.2) is 30.7 Å². The Morgan fingerprint density at radius 1 is 1.08 bits per heavy atom. The highest BCUT2D eigenvalue weighted by molar-refractivity contribution is 7.92. The minimum absolute atomic E-state index is 0.157. The summed E-state index contributed by atoms with van der Waals surface area (Å²) in [6.07, 6.45) is -0.414. The molecule has 2 rings (SSSR count). The molecule has 12 heteroatoms. The van der Waals surface area contributed by atoms with Gasteiger partial charge in [0.2, 0.25) is 10.0 Å². The average molecular weight is 553 g/mol. The standard InChI is InChI=1S/C25H29FN2O7S2/c1-14(2)19-9-16(12-27)24(26)23(15(3)4)20(19)10-17(29)13-36(31,32)22-8-7-18(37(33,34)28-5)11-21(22)25(30)35-6/h7-9,11,14-15,28H,10,13H2,1-6H3. The molecule has 0 radical (unpaired) electrons. The number of carbonyl (C=O) groups is 2. The molecule has 0 atom stereocenters. The number of nitrogens with one attached hydrogen (secondary N) is 1. The maximum atomic E-state index is 15.1. The number of ether oxygens (including phenoxy) is 1. The van der Waals surface area contributed by atoms with Crippen molar-refractivity contribution >= 4 is 31.6 Å². The monoisotopic (exact) mass is 552 g/mol. The van der Waals surface area contributed by atoms with Crippen LogP contribution in [0.15, 0.2) is 34.1 Å². The Labute approximate surface area is 216 Å². The zero-order valence-corrected chi connectivity index (χ0v) is 23.0. The maximum absolute atomic E-state index is 15.1. The molecular weight excluding hydrogens is 523 g/mol. The van der Waals surface area contributed by atoms with Crippen LogP contribution in [0, 0.1) is 17.1 Å². The Hall–Kier alpha value is -3.14. The first-order valence-electron chi connectivity index (χ1n) is 11.3. The number of esters is 1. The predicted octanol–water partition coefficient (Wildman–Crippen LogP) is 3.22. The lowest BCUT2D eigenvalue weighted by atomic mass is 9.84. The smallest absolute Gasteiger partial charge is 0.339 e. The van der Waals surface area contributed by atoms with E-state index in [1.54, 1.807) is 13.8 Å². The Balaban J connectivity index is 2.58. The number of halogens is 1. The largest absolute Gasteiger partial charge is 0.465 e. The van der Waals surface area contributed by atoms with Crippen LogP contribution < -0.4 is 4.72 Å². The summed E-state index contributed by atoms with van der Waals surface area (Å²) in [6.45, 7) is 7.04. The molecule has 0 bridgehead atoms. The van der Waals surface area contributed by atoms with Gasteiger partial charge in [-0.1, -0.05) is 27.7 Å². The van der Waals surface area contributed by atoms with Crippen LogP contribution in [-0.2, 0) is 35.8 Å². The molecule has 200 valence electrons. The van der Waals surface area contributed by atoms with Crippen molar-refractivity contribution < 1.29 is 35.6 Å². The Kier molecular flexibility index (Phi) is 9.35. The molecule has 0 aliphatic carbocycles. The predicted molar refractivity (Wildman–Crippen MR) is 134 cm³/mol. The second kappa shape index (κ2) is 11.5. The second-order valence-corrected chi connectivity index (χ2v) is 12.8. The Morgan fingerprint density at radius 2 is 1.70 bits per heavy atom. The van der Waals surface area contributed by atoms with E-state index in [0.29, 0.717) is 11.1 Å². The van der Waals surface area contributed by atoms with Crippen LogP contribution in [0.5, 0.6) is 0 Å². The van der Waals surface area contributed by atoms with E-state index < -0.39 is 66.0 Å². The van der Waals surface area contributed by atoms with Crippen LogP contribution in [0.4, 0.5) is 4.39 Å². The highest BCUT2D eigenvalue weighted by atomic mass is 32.2. The number of hydrogen-bond donors (Lipinski definition) is 1. The molecule has 0 spiro atoms. The number of hydrogen-bond acceptors (Lipinski definition) is 8. The van der Waals surface area contributed by atoms with E-state index in [1.165, 1.54) is 6.07 Å². The van der Waals surface area contributed by atoms with Crippen LogP contribution in [0.1, 0.15) is 72.1 Å². The maximum Gasteiger partial charge on any atom is 0.339 e. The van der Waals surface area contributed by atoms with Crippen molar-refractivity contribution in [2.45, 2.75) is 55.7 Å². The molecule has 9 nitrogen and oxygen atoms in total. The van der Waals surface area contributed by atoms with E-state index in [0.717, 1.165) is 32.4 Å². The third-order valence-corrected chi connectivity index (χ3v) is 8.90. The van der Waals surface area contributed by atoms with Crippen molar-refractivity contribution in [1.82, 2.24) is 4.72 Å². The molecule has 0 amide bonds. The number of carbonyl (C=O) groups excluding carboxylic acids is 2. The van der Waals surface area contributed by atoms with Crippen molar-refractivity contribution in [2.75, 3.05) is 19.9 Å². The van der Waals surface area contributed by atoms with E-state index in [9.17, 15) is 31.7 Å². The van der Waals surface area contributed by atoms with Crippen molar-refractivity contribution in [3.63, 3.8) is 0 Å². The highest BCUT2D eigenvalue weighted by Crippen LogP contribution is 2.33. The van der Waals surface area contributed by atoms with E-state index in [4.69, 9.17) is 0 Å². The SMILES string of the molecule is CNS(=O)(=O)c1ccc(S(=O)(=O)CC(=O)Cc2c(C(C)C)cc(C#N)c(F)c2C(C)C)c(C(=O)OC)c1. The number of methoxy groups -OCH3 is 1. The molecule has 0 heterocycles. The molecule has 0 fully saturated rings. The van der Waals surface area contributed by atoms with Gasteiger partial charge >= 0.3 is 5.97 Å². The van der Waals surface area contributed by atoms with E-state index in [-0.39, 0.29) is 21.9 Å². The summed E-state index contributed by atoms with van der Waals surface area (Å²) in [5, 5.41) is 9.34. The normalized spacial score (nSPS) is 12.0. The fourth-order valence-electron chi connectivity index (χ4n) is 4.01. The molecule has 0 unspecified atom stereocenters. The van der Waals surface area contributed by atoms with Crippen molar-refractivity contribution in [3.8, 4) is 6.07 Å². The topological polar surface area (TPSA) is 147 Å². The molecule has 2 aromatic rings. The highest BCUT2D eigenvalue weighted by Gasteiger charge is 2.30. The van der Waals surface area contributed by atoms with Gasteiger partial charge < -0.3 is 4.74 Å². The first-order chi connectivity index (χ1) is 17.1. The number of nitriles is 1. The van der Waals surface area contributed by atoms with E-state index in [2.05, 4.69) is 9.46 Å². The first-order valence-corrected chi connectivity index (χ1v) is 14.4. The zero-order chi connectivity index (χ0) is 28.3. The first kappa shape index (κ1) is 30.1. The van der Waals surface area contributed by atoms with Gasteiger partial charge in [0.15, 0.2) is 15.6 Å². The van der Waals surface area contributed by atoms with E-state index in [1.807, 2.05) is 19.9 Å². The van der Waals surface area contributed by atoms with Gasteiger partial charge in [0.25, 0.3) is 0 Å². The van der Waals surface area contributed by atoms with Crippen molar-refractivity contribution in [1.29, 1.82) is 5.26 Å². The minimum Gasteiger partial charge on any atom is -0.465 e. The van der Waals surface area contributed by atoms with Gasteiger partial charge in [-0.3, -0.25) is 4.79 Å². The number of sulfone groups is 1. The summed E-state index contributed by atoms with van der Waals surface area (Å²) < 4.78 is 72.4. The fourth-order valence-corrected chi connectivity index (χ4v) is 6.20. The summed E-state index contributed by atoms with van der Waals surface area (Å²) in [5.74, 6) is -4.21. The third kappa shape index (κ3) is 6.41. The fraction of sp³-hybridized carbons (Fsp3) is 0.400. The molecule has 0 saturated heterocycles. The van der Waals surface area contributed by atoms with Crippen molar-refractivity contribution in [2.24, 2.45) is 0 Å². The third-order valence-electron chi connectivity index (χ3n) is 5.76. The molecular formula is C25H29FN2O7S2. The molecule has 2 aromatic carbocycles. The van der Waals surface area contributed by atoms with Crippen molar-refractivity contribution in [3.05, 3.63) is 57.9 Å².